The molecule has 0 saturated carbocycles. The van der Waals surface area contributed by atoms with Gasteiger partial charge in [-0.3, -0.25) is 4.79 Å². The van der Waals surface area contributed by atoms with E-state index in [1.54, 1.807) is 4.90 Å². The molecule has 66 valence electrons. The van der Waals surface area contributed by atoms with Crippen molar-refractivity contribution in [3.8, 4) is 0 Å². The van der Waals surface area contributed by atoms with Crippen molar-refractivity contribution in [2.45, 2.75) is 31.4 Å². The van der Waals surface area contributed by atoms with Gasteiger partial charge in [0.2, 0.25) is 0 Å². The van der Waals surface area contributed by atoms with Gasteiger partial charge < -0.3 is 10.0 Å². The number of hydrogen-bond donors (Lipinski definition) is 1. The quantitative estimate of drug-likeness (QED) is 0.527. The Kier molecular flexibility index (Phi) is 1.68. The molecule has 1 amide bonds. The van der Waals surface area contributed by atoms with E-state index in [4.69, 9.17) is 0 Å². The topological polar surface area (TPSA) is 40.5 Å². The maximum atomic E-state index is 11.4. The zero-order valence-electron chi connectivity index (χ0n) is 6.99. The third kappa shape index (κ3) is 0.894. The van der Waals surface area contributed by atoms with E-state index in [9.17, 15) is 9.90 Å². The summed E-state index contributed by atoms with van der Waals surface area (Å²) in [7, 11) is 0. The van der Waals surface area contributed by atoms with Crippen molar-refractivity contribution in [3.05, 3.63) is 12.2 Å². The molecular weight excluding hydrogens is 154 g/mol. The molecule has 0 radical (unpaired) electrons. The number of piperidine rings is 1. The van der Waals surface area contributed by atoms with Gasteiger partial charge in [-0.2, -0.15) is 0 Å². The first-order valence-corrected chi connectivity index (χ1v) is 4.39. The normalized spacial score (nSPS) is 35.6. The average molecular weight is 167 g/mol. The highest BCUT2D eigenvalue weighted by Gasteiger charge is 2.42. The van der Waals surface area contributed by atoms with Gasteiger partial charge in [0.05, 0.1) is 6.04 Å². The Morgan fingerprint density at radius 2 is 2.25 bits per heavy atom. The molecule has 2 rings (SSSR count). The third-order valence-electron chi connectivity index (χ3n) is 2.81. The summed E-state index contributed by atoms with van der Waals surface area (Å²) in [6.07, 6.45) is 2.48. The molecule has 2 heterocycles. The fourth-order valence-electron chi connectivity index (χ4n) is 2.08. The van der Waals surface area contributed by atoms with Gasteiger partial charge in [0.1, 0.15) is 6.10 Å². The lowest BCUT2D eigenvalue weighted by atomic mass is 10.00. The molecule has 2 aliphatic heterocycles. The maximum absolute atomic E-state index is 11.4. The highest BCUT2D eigenvalue weighted by molar-refractivity contribution is 5.97. The van der Waals surface area contributed by atoms with E-state index in [-0.39, 0.29) is 11.9 Å². The molecule has 1 N–H and O–H groups in total. The van der Waals surface area contributed by atoms with Crippen molar-refractivity contribution in [1.29, 1.82) is 0 Å². The highest BCUT2D eigenvalue weighted by atomic mass is 16.3. The lowest BCUT2D eigenvalue weighted by Gasteiger charge is -2.30. The van der Waals surface area contributed by atoms with Crippen LogP contribution in [0.15, 0.2) is 12.2 Å². The number of aliphatic hydroxyl groups excluding tert-OH is 1. The molecule has 0 unspecified atom stereocenters. The molecule has 12 heavy (non-hydrogen) atoms. The number of carbonyl (C=O) groups excluding carboxylic acids is 1. The first kappa shape index (κ1) is 7.80. The number of hydrogen-bond acceptors (Lipinski definition) is 2. The Morgan fingerprint density at radius 3 is 2.92 bits per heavy atom. The highest BCUT2D eigenvalue weighted by Crippen LogP contribution is 2.30. The van der Waals surface area contributed by atoms with Crippen LogP contribution in [0, 0.1) is 0 Å². The van der Waals surface area contributed by atoms with E-state index in [0.717, 1.165) is 25.8 Å². The lowest BCUT2D eigenvalue weighted by molar-refractivity contribution is -0.127. The third-order valence-corrected chi connectivity index (χ3v) is 2.81. The van der Waals surface area contributed by atoms with E-state index in [2.05, 4.69) is 6.58 Å². The van der Waals surface area contributed by atoms with Gasteiger partial charge in [0.15, 0.2) is 0 Å². The van der Waals surface area contributed by atoms with Gasteiger partial charge in [0, 0.05) is 12.1 Å². The van der Waals surface area contributed by atoms with Crippen LogP contribution in [0.3, 0.4) is 0 Å². The van der Waals surface area contributed by atoms with Crippen LogP contribution >= 0.6 is 0 Å². The Balaban J connectivity index is 2.25. The molecule has 0 aromatic rings. The zero-order valence-corrected chi connectivity index (χ0v) is 6.99. The van der Waals surface area contributed by atoms with Crippen molar-refractivity contribution >= 4 is 5.91 Å². The fraction of sp³-hybridized carbons (Fsp3) is 0.667. The average Bonchev–Trinajstić information content (AvgIpc) is 2.33. The molecule has 2 saturated heterocycles. The van der Waals surface area contributed by atoms with Gasteiger partial charge in [-0.25, -0.2) is 0 Å². The van der Waals surface area contributed by atoms with Crippen molar-refractivity contribution in [2.75, 3.05) is 6.54 Å². The van der Waals surface area contributed by atoms with Crippen LogP contribution in [0.2, 0.25) is 0 Å². The SMILES string of the molecule is C=C1C(=O)N2CCCC[C@H]2[C@@H]1O. The van der Waals surface area contributed by atoms with Gasteiger partial charge in [-0.05, 0) is 19.3 Å². The molecular formula is C9H13NO2. The Bertz CT molecular complexity index is 237. The first-order chi connectivity index (χ1) is 5.72. The number of carbonyl (C=O) groups is 1. The molecule has 2 atom stereocenters. The molecule has 0 spiro atoms. The van der Waals surface area contributed by atoms with Crippen LogP contribution in [-0.4, -0.2) is 34.6 Å². The van der Waals surface area contributed by atoms with E-state index in [0.29, 0.717) is 5.57 Å². The lowest BCUT2D eigenvalue weighted by Crippen LogP contribution is -2.40. The zero-order chi connectivity index (χ0) is 8.72. The number of fused-ring (bicyclic) bond motifs is 1. The second kappa shape index (κ2) is 2.59. The summed E-state index contributed by atoms with van der Waals surface area (Å²) in [6.45, 7) is 4.39. The monoisotopic (exact) mass is 167 g/mol. The Labute approximate surface area is 71.7 Å². The van der Waals surface area contributed by atoms with Crippen LogP contribution in [0.25, 0.3) is 0 Å². The van der Waals surface area contributed by atoms with Crippen molar-refractivity contribution in [3.63, 3.8) is 0 Å². The van der Waals surface area contributed by atoms with Crippen LogP contribution in [0.4, 0.5) is 0 Å². The minimum atomic E-state index is -0.613. The van der Waals surface area contributed by atoms with Gasteiger partial charge in [-0.1, -0.05) is 6.58 Å². The van der Waals surface area contributed by atoms with Gasteiger partial charge in [0.25, 0.3) is 5.91 Å². The molecule has 0 aliphatic carbocycles. The van der Waals surface area contributed by atoms with Crippen LogP contribution < -0.4 is 0 Å². The summed E-state index contributed by atoms with van der Waals surface area (Å²) in [6, 6.07) is 0.0266. The van der Waals surface area contributed by atoms with Crippen molar-refractivity contribution in [2.24, 2.45) is 0 Å². The number of nitrogens with zero attached hydrogens (tertiary/aromatic N) is 1. The van der Waals surface area contributed by atoms with Gasteiger partial charge in [-0.15, -0.1) is 0 Å². The largest absolute Gasteiger partial charge is 0.386 e. The van der Waals surface area contributed by atoms with E-state index in [1.165, 1.54) is 0 Å². The van der Waals surface area contributed by atoms with Crippen molar-refractivity contribution in [1.82, 2.24) is 4.90 Å². The molecule has 0 aromatic heterocycles. The number of rotatable bonds is 0. The maximum Gasteiger partial charge on any atom is 0.252 e. The van der Waals surface area contributed by atoms with E-state index < -0.39 is 6.10 Å². The minimum Gasteiger partial charge on any atom is -0.386 e. The van der Waals surface area contributed by atoms with Gasteiger partial charge >= 0.3 is 0 Å². The smallest absolute Gasteiger partial charge is 0.252 e. The molecule has 2 fully saturated rings. The predicted octanol–water partition coefficient (Wildman–Crippen LogP) is 0.298. The summed E-state index contributed by atoms with van der Waals surface area (Å²) in [5, 5.41) is 9.60. The fourth-order valence-corrected chi connectivity index (χ4v) is 2.08. The summed E-state index contributed by atoms with van der Waals surface area (Å²) < 4.78 is 0. The number of aliphatic hydroxyl groups is 1. The minimum absolute atomic E-state index is 0.0266. The summed E-state index contributed by atoms with van der Waals surface area (Å²) in [5.74, 6) is -0.0489. The first-order valence-electron chi connectivity index (χ1n) is 4.39. The molecule has 3 heteroatoms. The second-order valence-corrected chi connectivity index (χ2v) is 3.53. The molecule has 0 aromatic carbocycles. The molecule has 2 aliphatic rings. The van der Waals surface area contributed by atoms with Crippen LogP contribution in [0.5, 0.6) is 0 Å². The molecule has 0 bridgehead atoms. The molecule has 3 nitrogen and oxygen atoms in total. The van der Waals surface area contributed by atoms with E-state index in [1.807, 2.05) is 0 Å². The van der Waals surface area contributed by atoms with Crippen LogP contribution in [0.1, 0.15) is 19.3 Å². The van der Waals surface area contributed by atoms with Crippen LogP contribution in [-0.2, 0) is 4.79 Å². The summed E-state index contributed by atoms with van der Waals surface area (Å²) in [4.78, 5) is 13.2. The van der Waals surface area contributed by atoms with E-state index >= 15 is 0 Å². The standard InChI is InChI=1S/C9H13NO2/c1-6-8(11)7-4-2-3-5-10(7)9(6)12/h7-8,11H,1-5H2/t7-,8+/m0/s1. The summed E-state index contributed by atoms with van der Waals surface area (Å²) in [5.41, 5.74) is 0.377. The van der Waals surface area contributed by atoms with Crippen molar-refractivity contribution < 1.29 is 9.90 Å². The Hall–Kier alpha value is -0.830. The number of amides is 1. The Morgan fingerprint density at radius 1 is 1.50 bits per heavy atom. The second-order valence-electron chi connectivity index (χ2n) is 3.53. The predicted molar refractivity (Wildman–Crippen MR) is 44.5 cm³/mol. The summed E-state index contributed by atoms with van der Waals surface area (Å²) >= 11 is 0.